The van der Waals surface area contributed by atoms with Crippen molar-refractivity contribution in [2.45, 2.75) is 37.6 Å². The lowest BCUT2D eigenvalue weighted by molar-refractivity contribution is -0.118. The summed E-state index contributed by atoms with van der Waals surface area (Å²) in [5, 5.41) is 2.12. The minimum atomic E-state index is -0.0730. The summed E-state index contributed by atoms with van der Waals surface area (Å²) >= 11 is 15.0. The Hall–Kier alpha value is -1.95. The number of amides is 1. The first-order valence-corrected chi connectivity index (χ1v) is 12.7. The number of likely N-dealkylation sites (tertiary alicyclic amines) is 1. The summed E-state index contributed by atoms with van der Waals surface area (Å²) in [5.41, 5.74) is 2.33. The molecule has 1 aliphatic heterocycles. The molecule has 4 nitrogen and oxygen atoms in total. The molecule has 1 amide bonds. The Labute approximate surface area is 202 Å². The quantitative estimate of drug-likeness (QED) is 0.369. The first-order chi connectivity index (χ1) is 15.4. The van der Waals surface area contributed by atoms with Gasteiger partial charge >= 0.3 is 0 Å². The summed E-state index contributed by atoms with van der Waals surface area (Å²) in [7, 11) is 0. The van der Waals surface area contributed by atoms with Gasteiger partial charge in [-0.15, -0.1) is 11.8 Å². The number of carbonyl (C=O) groups excluding carboxylic acids is 2. The highest BCUT2D eigenvalue weighted by Gasteiger charge is 2.26. The van der Waals surface area contributed by atoms with Gasteiger partial charge in [0.25, 0.3) is 5.91 Å². The number of piperidine rings is 1. The molecule has 0 atom stereocenters. The molecular weight excluding hydrogens is 463 g/mol. The predicted octanol–water partition coefficient (Wildman–Crippen LogP) is 6.55. The van der Waals surface area contributed by atoms with Gasteiger partial charge in [0.2, 0.25) is 0 Å². The Bertz CT molecular complexity index is 1170. The minimum Gasteiger partial charge on any atom is -0.343 e. The van der Waals surface area contributed by atoms with Crippen molar-refractivity contribution < 1.29 is 9.59 Å². The van der Waals surface area contributed by atoms with Crippen LogP contribution in [0.25, 0.3) is 10.9 Å². The normalized spacial score (nSPS) is 14.8. The molecule has 168 valence electrons. The van der Waals surface area contributed by atoms with Crippen molar-refractivity contribution in [1.29, 1.82) is 0 Å². The molecule has 32 heavy (non-hydrogen) atoms. The standard InChI is InChI=1S/C25H26Cl2N2O2S/c1-16(30)13-17-7-10-28(11-8-17)25(31)20-4-5-22(26)21(24(20)27)15-29-12-9-18-14-19(32-2)3-6-23(18)29/h3-6,9,12,14,17H,7-8,10-11,13,15H2,1-2H3. The topological polar surface area (TPSA) is 42.3 Å². The molecule has 0 bridgehead atoms. The van der Waals surface area contributed by atoms with Crippen molar-refractivity contribution in [3.8, 4) is 0 Å². The van der Waals surface area contributed by atoms with E-state index in [0.29, 0.717) is 47.6 Å². The predicted molar refractivity (Wildman–Crippen MR) is 133 cm³/mol. The Balaban J connectivity index is 1.56. The van der Waals surface area contributed by atoms with Crippen molar-refractivity contribution in [3.05, 3.63) is 63.8 Å². The first kappa shape index (κ1) is 23.2. The Morgan fingerprint density at radius 3 is 2.53 bits per heavy atom. The van der Waals surface area contributed by atoms with Crippen molar-refractivity contribution >= 4 is 57.6 Å². The monoisotopic (exact) mass is 488 g/mol. The largest absolute Gasteiger partial charge is 0.343 e. The molecule has 2 heterocycles. The van der Waals surface area contributed by atoms with E-state index in [1.165, 1.54) is 4.90 Å². The molecule has 7 heteroatoms. The zero-order valence-electron chi connectivity index (χ0n) is 18.2. The van der Waals surface area contributed by atoms with E-state index in [4.69, 9.17) is 23.2 Å². The van der Waals surface area contributed by atoms with Crippen LogP contribution in [0.4, 0.5) is 0 Å². The maximum Gasteiger partial charge on any atom is 0.255 e. The SMILES string of the molecule is CSc1ccc2c(ccn2Cc2c(Cl)ccc(C(=O)N3CCC(CC(C)=O)CC3)c2Cl)c1. The van der Waals surface area contributed by atoms with Crippen LogP contribution in [-0.2, 0) is 11.3 Å². The van der Waals surface area contributed by atoms with Crippen LogP contribution >= 0.6 is 35.0 Å². The lowest BCUT2D eigenvalue weighted by Crippen LogP contribution is -2.39. The number of halogens is 2. The molecular formula is C25H26Cl2N2O2S. The third-order valence-corrected chi connectivity index (χ3v) is 7.71. The van der Waals surface area contributed by atoms with Crippen LogP contribution in [0, 0.1) is 5.92 Å². The smallest absolute Gasteiger partial charge is 0.255 e. The van der Waals surface area contributed by atoms with E-state index < -0.39 is 0 Å². The molecule has 0 N–H and O–H groups in total. The van der Waals surface area contributed by atoms with E-state index in [2.05, 4.69) is 35.1 Å². The Kier molecular flexibility index (Phi) is 7.18. The van der Waals surface area contributed by atoms with Gasteiger partial charge in [-0.3, -0.25) is 4.79 Å². The summed E-state index contributed by atoms with van der Waals surface area (Å²) in [4.78, 5) is 27.7. The highest BCUT2D eigenvalue weighted by atomic mass is 35.5. The third-order valence-electron chi connectivity index (χ3n) is 6.20. The lowest BCUT2D eigenvalue weighted by Gasteiger charge is -2.32. The number of ketones is 1. The average Bonchev–Trinajstić information content (AvgIpc) is 3.18. The summed E-state index contributed by atoms with van der Waals surface area (Å²) in [6.45, 7) is 3.40. The van der Waals surface area contributed by atoms with Crippen LogP contribution in [0.2, 0.25) is 10.0 Å². The molecule has 1 fully saturated rings. The molecule has 0 unspecified atom stereocenters. The molecule has 3 aromatic rings. The maximum atomic E-state index is 13.2. The zero-order valence-corrected chi connectivity index (χ0v) is 20.6. The van der Waals surface area contributed by atoms with Gasteiger partial charge in [-0.1, -0.05) is 23.2 Å². The zero-order chi connectivity index (χ0) is 22.8. The van der Waals surface area contributed by atoms with Gasteiger partial charge < -0.3 is 14.3 Å². The molecule has 0 radical (unpaired) electrons. The number of rotatable bonds is 6. The highest BCUT2D eigenvalue weighted by molar-refractivity contribution is 7.98. The second kappa shape index (κ2) is 9.90. The fraction of sp³-hybridized carbons (Fsp3) is 0.360. The van der Waals surface area contributed by atoms with E-state index >= 15 is 0 Å². The second-order valence-electron chi connectivity index (χ2n) is 8.40. The fourth-order valence-electron chi connectivity index (χ4n) is 4.44. The van der Waals surface area contributed by atoms with Crippen molar-refractivity contribution in [2.24, 2.45) is 5.92 Å². The van der Waals surface area contributed by atoms with E-state index in [1.807, 2.05) is 11.1 Å². The van der Waals surface area contributed by atoms with Crippen molar-refractivity contribution in [2.75, 3.05) is 19.3 Å². The van der Waals surface area contributed by atoms with Crippen molar-refractivity contribution in [3.63, 3.8) is 0 Å². The van der Waals surface area contributed by atoms with Gasteiger partial charge in [-0.25, -0.2) is 0 Å². The van der Waals surface area contributed by atoms with Crippen LogP contribution in [0.15, 0.2) is 47.5 Å². The molecule has 2 aromatic carbocycles. The van der Waals surface area contributed by atoms with Gasteiger partial charge in [-0.05, 0) is 68.3 Å². The van der Waals surface area contributed by atoms with Crippen LogP contribution in [-0.4, -0.2) is 40.5 Å². The van der Waals surface area contributed by atoms with Crippen LogP contribution in [0.5, 0.6) is 0 Å². The van der Waals surface area contributed by atoms with Gasteiger partial charge in [-0.2, -0.15) is 0 Å². The van der Waals surface area contributed by atoms with Crippen LogP contribution in [0.3, 0.4) is 0 Å². The van der Waals surface area contributed by atoms with E-state index in [1.54, 1.807) is 30.8 Å². The number of carbonyl (C=O) groups is 2. The number of aromatic nitrogens is 1. The number of nitrogens with zero attached hydrogens (tertiary/aromatic N) is 2. The number of hydrogen-bond donors (Lipinski definition) is 0. The van der Waals surface area contributed by atoms with Gasteiger partial charge in [0.1, 0.15) is 5.78 Å². The van der Waals surface area contributed by atoms with Gasteiger partial charge in [0.15, 0.2) is 0 Å². The molecule has 4 rings (SSSR count). The van der Waals surface area contributed by atoms with Gasteiger partial charge in [0.05, 0.1) is 17.1 Å². The summed E-state index contributed by atoms with van der Waals surface area (Å²) < 4.78 is 2.11. The Morgan fingerprint density at radius 2 is 1.84 bits per heavy atom. The maximum absolute atomic E-state index is 13.2. The molecule has 0 saturated carbocycles. The highest BCUT2D eigenvalue weighted by Crippen LogP contribution is 2.32. The second-order valence-corrected chi connectivity index (χ2v) is 10.1. The number of benzene rings is 2. The molecule has 0 aliphatic carbocycles. The molecule has 0 spiro atoms. The van der Waals surface area contributed by atoms with Crippen LogP contribution in [0.1, 0.15) is 42.1 Å². The molecule has 1 aromatic heterocycles. The summed E-state index contributed by atoms with van der Waals surface area (Å²) in [6, 6.07) is 11.9. The fourth-order valence-corrected chi connectivity index (χ4v) is 5.46. The number of thioether (sulfide) groups is 1. The summed E-state index contributed by atoms with van der Waals surface area (Å²) in [5.74, 6) is 0.500. The molecule has 1 saturated heterocycles. The van der Waals surface area contributed by atoms with Gasteiger partial charge in [0, 0.05) is 52.1 Å². The first-order valence-electron chi connectivity index (χ1n) is 10.8. The number of hydrogen-bond acceptors (Lipinski definition) is 3. The minimum absolute atomic E-state index is 0.0730. The van der Waals surface area contributed by atoms with E-state index in [9.17, 15) is 9.59 Å². The van der Waals surface area contributed by atoms with E-state index in [-0.39, 0.29) is 11.7 Å². The number of Topliss-reactive ketones (excluding diaryl/α,β-unsaturated/α-hetero) is 1. The third kappa shape index (κ3) is 4.85. The lowest BCUT2D eigenvalue weighted by atomic mass is 9.91. The van der Waals surface area contributed by atoms with Crippen molar-refractivity contribution in [1.82, 2.24) is 9.47 Å². The van der Waals surface area contributed by atoms with Crippen LogP contribution < -0.4 is 0 Å². The van der Waals surface area contributed by atoms with E-state index in [0.717, 1.165) is 29.3 Å². The average molecular weight is 489 g/mol. The molecule has 1 aliphatic rings. The Morgan fingerprint density at radius 1 is 1.09 bits per heavy atom. The number of fused-ring (bicyclic) bond motifs is 1. The summed E-state index contributed by atoms with van der Waals surface area (Å²) in [6.07, 6.45) is 6.37.